The fourth-order valence-corrected chi connectivity index (χ4v) is 5.49. The number of likely N-dealkylation sites (tertiary alicyclic amines) is 1. The van der Waals surface area contributed by atoms with E-state index in [1.54, 1.807) is 6.07 Å². The Morgan fingerprint density at radius 2 is 1.88 bits per heavy atom. The number of phenols is 1. The average Bonchev–Trinajstić information content (AvgIpc) is 3.22. The smallest absolute Gasteiger partial charge is 0.137 e. The molecule has 4 nitrogen and oxygen atoms in total. The van der Waals surface area contributed by atoms with Crippen molar-refractivity contribution in [1.82, 2.24) is 14.3 Å². The number of hydrogen-bond acceptors (Lipinski definition) is 3. The molecule has 1 aliphatic carbocycles. The standard InChI is InChI=1S/C29H28FN3O/c1-19-4-2-3-5-25(19)27-8-6-21-12-24(34)7-9-26(21)29(27)22-10-11-33-18-23(31-28(33)13-22)17-32-15-20(14-30)16-32/h2-5,7,9-13,18,20,34H,6,8,14-17H2,1H3. The van der Waals surface area contributed by atoms with E-state index in [1.807, 2.05) is 12.1 Å². The normalized spacial score (nSPS) is 16.6. The van der Waals surface area contributed by atoms with Gasteiger partial charge in [-0.05, 0) is 83.0 Å². The van der Waals surface area contributed by atoms with E-state index in [0.717, 1.165) is 49.4 Å². The zero-order chi connectivity index (χ0) is 23.2. The maximum atomic E-state index is 12.8. The molecule has 1 N–H and O–H groups in total. The molecule has 1 aliphatic heterocycles. The number of hydrogen-bond donors (Lipinski definition) is 1. The van der Waals surface area contributed by atoms with Gasteiger partial charge in [-0.3, -0.25) is 9.29 Å². The number of rotatable bonds is 5. The third-order valence-corrected chi connectivity index (χ3v) is 7.21. The number of fused-ring (bicyclic) bond motifs is 2. The van der Waals surface area contributed by atoms with E-state index in [4.69, 9.17) is 4.98 Å². The summed E-state index contributed by atoms with van der Waals surface area (Å²) in [6.07, 6.45) is 5.98. The molecule has 0 unspecified atom stereocenters. The zero-order valence-corrected chi connectivity index (χ0v) is 19.3. The zero-order valence-electron chi connectivity index (χ0n) is 19.3. The van der Waals surface area contributed by atoms with Crippen LogP contribution in [-0.2, 0) is 13.0 Å². The van der Waals surface area contributed by atoms with Crippen LogP contribution in [0.25, 0.3) is 16.8 Å². The molecular weight excluding hydrogens is 425 g/mol. The van der Waals surface area contributed by atoms with Crippen LogP contribution in [0.4, 0.5) is 4.39 Å². The van der Waals surface area contributed by atoms with Crippen LogP contribution in [0.1, 0.15) is 39.9 Å². The number of benzene rings is 2. The molecule has 0 amide bonds. The molecule has 5 heteroatoms. The lowest BCUT2D eigenvalue weighted by atomic mass is 9.79. The number of phenolic OH excluding ortho intramolecular Hbond substituents is 1. The van der Waals surface area contributed by atoms with E-state index in [-0.39, 0.29) is 12.6 Å². The molecule has 0 bridgehead atoms. The second-order valence-corrected chi connectivity index (χ2v) is 9.64. The molecule has 0 radical (unpaired) electrons. The van der Waals surface area contributed by atoms with Crippen LogP contribution < -0.4 is 0 Å². The Balaban J connectivity index is 1.44. The number of aryl methyl sites for hydroxylation is 2. The van der Waals surface area contributed by atoms with Crippen LogP contribution in [0.2, 0.25) is 0 Å². The summed E-state index contributed by atoms with van der Waals surface area (Å²) < 4.78 is 14.9. The molecule has 1 fully saturated rings. The van der Waals surface area contributed by atoms with Crippen LogP contribution >= 0.6 is 0 Å². The molecule has 2 aromatic carbocycles. The van der Waals surface area contributed by atoms with Gasteiger partial charge in [0.15, 0.2) is 0 Å². The Morgan fingerprint density at radius 1 is 1.03 bits per heavy atom. The largest absolute Gasteiger partial charge is 0.508 e. The Labute approximate surface area is 199 Å². The van der Waals surface area contributed by atoms with E-state index < -0.39 is 0 Å². The summed E-state index contributed by atoms with van der Waals surface area (Å²) in [6, 6.07) is 18.6. The first kappa shape index (κ1) is 21.1. The van der Waals surface area contributed by atoms with Crippen molar-refractivity contribution in [2.24, 2.45) is 5.92 Å². The summed E-state index contributed by atoms with van der Waals surface area (Å²) in [5.41, 5.74) is 10.5. The molecule has 34 heavy (non-hydrogen) atoms. The molecule has 1 saturated heterocycles. The molecule has 0 atom stereocenters. The summed E-state index contributed by atoms with van der Waals surface area (Å²) in [5.74, 6) is 0.494. The van der Waals surface area contributed by atoms with Crippen molar-refractivity contribution in [3.05, 3.63) is 101 Å². The Hall–Kier alpha value is -3.44. The van der Waals surface area contributed by atoms with Gasteiger partial charge in [0.25, 0.3) is 0 Å². The fourth-order valence-electron chi connectivity index (χ4n) is 5.49. The molecular formula is C29H28FN3O. The summed E-state index contributed by atoms with van der Waals surface area (Å²) in [4.78, 5) is 7.14. The fraction of sp³-hybridized carbons (Fsp3) is 0.276. The number of pyridine rings is 1. The molecule has 2 aliphatic rings. The number of nitrogens with zero attached hydrogens (tertiary/aromatic N) is 3. The first-order valence-corrected chi connectivity index (χ1v) is 12.0. The molecule has 0 spiro atoms. The van der Waals surface area contributed by atoms with Crippen molar-refractivity contribution in [2.45, 2.75) is 26.3 Å². The third-order valence-electron chi connectivity index (χ3n) is 7.21. The third kappa shape index (κ3) is 3.70. The monoisotopic (exact) mass is 453 g/mol. The van der Waals surface area contributed by atoms with E-state index in [0.29, 0.717) is 5.75 Å². The molecule has 172 valence electrons. The summed E-state index contributed by atoms with van der Waals surface area (Å²) >= 11 is 0. The van der Waals surface area contributed by atoms with E-state index in [1.165, 1.54) is 33.4 Å². The topological polar surface area (TPSA) is 40.8 Å². The van der Waals surface area contributed by atoms with Gasteiger partial charge in [0.2, 0.25) is 0 Å². The number of alkyl halides is 1. The minimum atomic E-state index is -0.234. The highest BCUT2D eigenvalue weighted by molar-refractivity contribution is 6.01. The Morgan fingerprint density at radius 3 is 2.71 bits per heavy atom. The lowest BCUT2D eigenvalue weighted by Crippen LogP contribution is -2.46. The number of aromatic hydroxyl groups is 1. The second-order valence-electron chi connectivity index (χ2n) is 9.64. The lowest BCUT2D eigenvalue weighted by Gasteiger charge is -2.37. The lowest BCUT2D eigenvalue weighted by molar-refractivity contribution is 0.0727. The number of allylic oxidation sites excluding steroid dienone is 1. The van der Waals surface area contributed by atoms with Crippen molar-refractivity contribution < 1.29 is 9.50 Å². The van der Waals surface area contributed by atoms with Gasteiger partial charge in [0.1, 0.15) is 11.4 Å². The Kier molecular flexibility index (Phi) is 5.22. The molecule has 2 aromatic heterocycles. The van der Waals surface area contributed by atoms with Crippen LogP contribution in [0.15, 0.2) is 67.0 Å². The van der Waals surface area contributed by atoms with Gasteiger partial charge < -0.3 is 9.51 Å². The maximum absolute atomic E-state index is 12.8. The predicted octanol–water partition coefficient (Wildman–Crippen LogP) is 5.65. The average molecular weight is 454 g/mol. The quantitative estimate of drug-likeness (QED) is 0.424. The number of halogens is 1. The van der Waals surface area contributed by atoms with Gasteiger partial charge >= 0.3 is 0 Å². The van der Waals surface area contributed by atoms with Gasteiger partial charge in [-0.15, -0.1) is 0 Å². The van der Waals surface area contributed by atoms with Crippen molar-refractivity contribution >= 4 is 16.8 Å². The van der Waals surface area contributed by atoms with Crippen LogP contribution in [-0.4, -0.2) is 39.2 Å². The van der Waals surface area contributed by atoms with Crippen LogP contribution in [0.5, 0.6) is 5.75 Å². The highest BCUT2D eigenvalue weighted by Crippen LogP contribution is 2.42. The van der Waals surface area contributed by atoms with Gasteiger partial charge in [0, 0.05) is 37.9 Å². The van der Waals surface area contributed by atoms with Crippen molar-refractivity contribution in [2.75, 3.05) is 19.8 Å². The van der Waals surface area contributed by atoms with E-state index in [2.05, 4.69) is 65.0 Å². The van der Waals surface area contributed by atoms with Gasteiger partial charge in [-0.2, -0.15) is 0 Å². The first-order chi connectivity index (χ1) is 16.6. The van der Waals surface area contributed by atoms with Crippen molar-refractivity contribution in [3.63, 3.8) is 0 Å². The van der Waals surface area contributed by atoms with Crippen molar-refractivity contribution in [1.29, 1.82) is 0 Å². The maximum Gasteiger partial charge on any atom is 0.137 e. The van der Waals surface area contributed by atoms with Gasteiger partial charge in [-0.1, -0.05) is 30.3 Å². The first-order valence-electron chi connectivity index (χ1n) is 12.0. The van der Waals surface area contributed by atoms with Crippen LogP contribution in [0, 0.1) is 12.8 Å². The van der Waals surface area contributed by atoms with E-state index >= 15 is 0 Å². The Bertz CT molecular complexity index is 1410. The molecule has 3 heterocycles. The summed E-state index contributed by atoms with van der Waals surface area (Å²) in [6.45, 7) is 4.31. The minimum Gasteiger partial charge on any atom is -0.508 e. The van der Waals surface area contributed by atoms with Crippen molar-refractivity contribution in [3.8, 4) is 5.75 Å². The molecule has 4 aromatic rings. The summed E-state index contributed by atoms with van der Waals surface area (Å²) in [5, 5.41) is 10.1. The highest BCUT2D eigenvalue weighted by Gasteiger charge is 2.27. The molecule has 6 rings (SSSR count). The van der Waals surface area contributed by atoms with Crippen LogP contribution in [0.3, 0.4) is 0 Å². The van der Waals surface area contributed by atoms with E-state index in [9.17, 15) is 9.50 Å². The second kappa shape index (κ2) is 8.41. The number of imidazole rings is 1. The minimum absolute atomic E-state index is 0.182. The molecule has 0 saturated carbocycles. The van der Waals surface area contributed by atoms with Gasteiger partial charge in [-0.25, -0.2) is 4.98 Å². The number of aromatic nitrogens is 2. The highest BCUT2D eigenvalue weighted by atomic mass is 19.1. The summed E-state index contributed by atoms with van der Waals surface area (Å²) in [7, 11) is 0. The van der Waals surface area contributed by atoms with Gasteiger partial charge in [0.05, 0.1) is 12.4 Å². The SMILES string of the molecule is Cc1ccccc1C1=C(c2ccn3cc(CN4CC(CF)C4)nc3c2)c2ccc(O)cc2CC1. The predicted molar refractivity (Wildman–Crippen MR) is 133 cm³/mol.